The van der Waals surface area contributed by atoms with Gasteiger partial charge in [-0.1, -0.05) is 31.2 Å². The van der Waals surface area contributed by atoms with Crippen molar-refractivity contribution in [1.82, 2.24) is 10.2 Å². The second kappa shape index (κ2) is 8.16. The number of nitrogens with zero attached hydrogens (tertiary/aromatic N) is 2. The van der Waals surface area contributed by atoms with Gasteiger partial charge in [0.2, 0.25) is 0 Å². The maximum atomic E-state index is 13.2. The van der Waals surface area contributed by atoms with Crippen LogP contribution in [0.25, 0.3) is 0 Å². The van der Waals surface area contributed by atoms with Crippen LogP contribution >= 0.6 is 0 Å². The fourth-order valence-corrected chi connectivity index (χ4v) is 5.89. The third-order valence-corrected chi connectivity index (χ3v) is 7.74. The van der Waals surface area contributed by atoms with Crippen LogP contribution in [0.5, 0.6) is 0 Å². The lowest BCUT2D eigenvalue weighted by Crippen LogP contribution is -2.40. The fourth-order valence-electron chi connectivity index (χ4n) is 4.34. The summed E-state index contributed by atoms with van der Waals surface area (Å²) < 4.78 is 27.9. The summed E-state index contributed by atoms with van der Waals surface area (Å²) in [5.41, 5.74) is 2.13. The Labute approximate surface area is 172 Å². The van der Waals surface area contributed by atoms with Gasteiger partial charge in [0, 0.05) is 24.7 Å². The van der Waals surface area contributed by atoms with Crippen molar-refractivity contribution >= 4 is 21.6 Å². The maximum absolute atomic E-state index is 13.2. The quantitative estimate of drug-likeness (QED) is 0.791. The molecule has 2 aromatic carbocycles. The summed E-state index contributed by atoms with van der Waals surface area (Å²) in [5, 5.41) is 2.98. The third kappa shape index (κ3) is 3.89. The van der Waals surface area contributed by atoms with Crippen LogP contribution in [0.3, 0.4) is 0 Å². The molecule has 0 radical (unpaired) electrons. The molecule has 1 fully saturated rings. The van der Waals surface area contributed by atoms with Crippen LogP contribution in [-0.4, -0.2) is 51.4 Å². The number of likely N-dealkylation sites (tertiary alicyclic amines) is 1. The lowest BCUT2D eigenvalue weighted by atomic mass is 10.2. The Morgan fingerprint density at radius 1 is 1.14 bits per heavy atom. The van der Waals surface area contributed by atoms with Gasteiger partial charge in [-0.25, -0.2) is 8.42 Å². The fraction of sp³-hybridized carbons (Fsp3) is 0.409. The first-order valence-corrected chi connectivity index (χ1v) is 11.7. The lowest BCUT2D eigenvalue weighted by molar-refractivity contribution is 0.0941. The molecule has 2 heterocycles. The van der Waals surface area contributed by atoms with E-state index in [9.17, 15) is 13.2 Å². The zero-order valence-corrected chi connectivity index (χ0v) is 17.5. The Bertz CT molecular complexity index is 1010. The number of hydrogen-bond donors (Lipinski definition) is 1. The number of nitrogens with one attached hydrogen (secondary N) is 1. The summed E-state index contributed by atoms with van der Waals surface area (Å²) in [7, 11) is -3.71. The first-order valence-electron chi connectivity index (χ1n) is 10.2. The first kappa shape index (κ1) is 19.9. The molecule has 0 unspecified atom stereocenters. The number of benzene rings is 2. The number of para-hydroxylation sites is 1. The molecular weight excluding hydrogens is 386 g/mol. The highest BCUT2D eigenvalue weighted by molar-refractivity contribution is 7.92. The number of hydrogen-bond acceptors (Lipinski definition) is 4. The molecule has 2 aliphatic rings. The molecule has 2 aromatic rings. The Hall–Kier alpha value is -2.38. The predicted molar refractivity (Wildman–Crippen MR) is 114 cm³/mol. The summed E-state index contributed by atoms with van der Waals surface area (Å²) in [6, 6.07) is 14.3. The smallest absolute Gasteiger partial charge is 0.264 e. The van der Waals surface area contributed by atoms with Gasteiger partial charge in [0.1, 0.15) is 0 Å². The first-order chi connectivity index (χ1) is 14.0. The molecule has 7 heteroatoms. The van der Waals surface area contributed by atoms with Crippen LogP contribution in [0.4, 0.5) is 5.69 Å². The molecule has 6 nitrogen and oxygen atoms in total. The van der Waals surface area contributed by atoms with Crippen molar-refractivity contribution in [3.63, 3.8) is 0 Å². The molecule has 29 heavy (non-hydrogen) atoms. The van der Waals surface area contributed by atoms with E-state index < -0.39 is 10.0 Å². The van der Waals surface area contributed by atoms with E-state index in [1.54, 1.807) is 18.2 Å². The van der Waals surface area contributed by atoms with Crippen LogP contribution < -0.4 is 9.62 Å². The summed E-state index contributed by atoms with van der Waals surface area (Å²) in [6.45, 7) is 5.19. The average molecular weight is 414 g/mol. The minimum absolute atomic E-state index is 0.151. The lowest BCUT2D eigenvalue weighted by Gasteiger charge is -2.23. The largest absolute Gasteiger partial charge is 0.350 e. The van der Waals surface area contributed by atoms with Crippen molar-refractivity contribution in [2.24, 2.45) is 0 Å². The van der Waals surface area contributed by atoms with Crippen LogP contribution in [-0.2, 0) is 16.4 Å². The third-order valence-electron chi connectivity index (χ3n) is 5.93. The zero-order chi connectivity index (χ0) is 20.4. The molecule has 0 spiro atoms. The second-order valence-electron chi connectivity index (χ2n) is 7.62. The standard InChI is InChI=1S/C22H27N3O3S/c1-2-24-13-6-9-19(24)16-23-22(26)18-8-5-10-20(15-18)29(27,28)25-14-12-17-7-3-4-11-21(17)25/h3-5,7-8,10-11,15,19H,2,6,9,12-14,16H2,1H3,(H,23,26)/t19-/m1/s1. The van der Waals surface area contributed by atoms with E-state index in [4.69, 9.17) is 0 Å². The van der Waals surface area contributed by atoms with Gasteiger partial charge in [-0.2, -0.15) is 0 Å². The SMILES string of the molecule is CCN1CCC[C@@H]1CNC(=O)c1cccc(S(=O)(=O)N2CCc3ccccc32)c1. The van der Waals surface area contributed by atoms with E-state index in [1.807, 2.05) is 24.3 Å². The van der Waals surface area contributed by atoms with E-state index in [2.05, 4.69) is 17.1 Å². The number of carbonyl (C=O) groups excluding carboxylic acids is 1. The van der Waals surface area contributed by atoms with Gasteiger partial charge < -0.3 is 5.32 Å². The van der Waals surface area contributed by atoms with E-state index in [1.165, 1.54) is 10.4 Å². The molecule has 1 saturated heterocycles. The van der Waals surface area contributed by atoms with Crippen molar-refractivity contribution in [2.75, 3.05) is 30.5 Å². The van der Waals surface area contributed by atoms with Gasteiger partial charge in [0.05, 0.1) is 10.6 Å². The van der Waals surface area contributed by atoms with Crippen LogP contribution in [0, 0.1) is 0 Å². The van der Waals surface area contributed by atoms with Gasteiger partial charge in [-0.3, -0.25) is 14.0 Å². The zero-order valence-electron chi connectivity index (χ0n) is 16.7. The molecule has 154 valence electrons. The minimum atomic E-state index is -3.71. The highest BCUT2D eigenvalue weighted by Gasteiger charge is 2.31. The monoisotopic (exact) mass is 413 g/mol. The summed E-state index contributed by atoms with van der Waals surface area (Å²) in [6.07, 6.45) is 2.93. The van der Waals surface area contributed by atoms with Gasteiger partial charge in [-0.05, 0) is 62.2 Å². The van der Waals surface area contributed by atoms with Crippen molar-refractivity contribution in [2.45, 2.75) is 37.1 Å². The minimum Gasteiger partial charge on any atom is -0.350 e. The number of anilines is 1. The van der Waals surface area contributed by atoms with E-state index in [0.29, 0.717) is 31.1 Å². The van der Waals surface area contributed by atoms with Crippen molar-refractivity contribution in [3.05, 3.63) is 59.7 Å². The van der Waals surface area contributed by atoms with Gasteiger partial charge >= 0.3 is 0 Å². The Balaban J connectivity index is 1.50. The maximum Gasteiger partial charge on any atom is 0.264 e. The Kier molecular flexibility index (Phi) is 5.61. The van der Waals surface area contributed by atoms with Gasteiger partial charge in [0.15, 0.2) is 0 Å². The molecular formula is C22H27N3O3S. The molecule has 0 aromatic heterocycles. The molecule has 0 saturated carbocycles. The molecule has 0 bridgehead atoms. The Morgan fingerprint density at radius 2 is 1.97 bits per heavy atom. The van der Waals surface area contributed by atoms with Crippen molar-refractivity contribution in [1.29, 1.82) is 0 Å². The molecule has 1 atom stereocenters. The molecule has 2 aliphatic heterocycles. The highest BCUT2D eigenvalue weighted by atomic mass is 32.2. The number of likely N-dealkylation sites (N-methyl/N-ethyl adjacent to an activating group) is 1. The molecule has 4 rings (SSSR count). The average Bonchev–Trinajstić information content (AvgIpc) is 3.38. The number of fused-ring (bicyclic) bond motifs is 1. The number of amides is 1. The molecule has 1 amide bonds. The number of sulfonamides is 1. The van der Waals surface area contributed by atoms with Crippen LogP contribution in [0.15, 0.2) is 53.4 Å². The van der Waals surface area contributed by atoms with Crippen molar-refractivity contribution in [3.8, 4) is 0 Å². The summed E-state index contributed by atoms with van der Waals surface area (Å²) in [5.74, 6) is -0.230. The number of carbonyl (C=O) groups is 1. The van der Waals surface area contributed by atoms with E-state index in [0.717, 1.165) is 37.2 Å². The number of rotatable bonds is 6. The summed E-state index contributed by atoms with van der Waals surface area (Å²) >= 11 is 0. The summed E-state index contributed by atoms with van der Waals surface area (Å²) in [4.78, 5) is 15.2. The molecule has 1 N–H and O–H groups in total. The highest BCUT2D eigenvalue weighted by Crippen LogP contribution is 2.32. The topological polar surface area (TPSA) is 69.7 Å². The normalized spacial score (nSPS) is 19.3. The van der Waals surface area contributed by atoms with E-state index in [-0.39, 0.29) is 10.8 Å². The second-order valence-corrected chi connectivity index (χ2v) is 9.48. The van der Waals surface area contributed by atoms with E-state index >= 15 is 0 Å². The molecule has 0 aliphatic carbocycles. The predicted octanol–water partition coefficient (Wildman–Crippen LogP) is 2.65. The van der Waals surface area contributed by atoms with Crippen LogP contribution in [0.2, 0.25) is 0 Å². The van der Waals surface area contributed by atoms with Gasteiger partial charge in [-0.15, -0.1) is 0 Å². The van der Waals surface area contributed by atoms with Crippen LogP contribution in [0.1, 0.15) is 35.7 Å². The Morgan fingerprint density at radius 3 is 2.79 bits per heavy atom. The van der Waals surface area contributed by atoms with Crippen molar-refractivity contribution < 1.29 is 13.2 Å². The van der Waals surface area contributed by atoms with Gasteiger partial charge in [0.25, 0.3) is 15.9 Å².